The number of ether oxygens (including phenoxy) is 2. The summed E-state index contributed by atoms with van der Waals surface area (Å²) in [6.07, 6.45) is 2.56. The van der Waals surface area contributed by atoms with E-state index in [2.05, 4.69) is 4.98 Å². The number of halogens is 1. The number of pyridine rings is 1. The van der Waals surface area contributed by atoms with E-state index in [0.717, 1.165) is 39.9 Å². The Kier molecular flexibility index (Phi) is 6.58. The maximum Gasteiger partial charge on any atom is 0.221 e. The Bertz CT molecular complexity index is 1280. The monoisotopic (exact) mass is 441 g/mol. The van der Waals surface area contributed by atoms with Crippen molar-refractivity contribution in [3.63, 3.8) is 0 Å². The number of aromatic nitrogens is 1. The molecule has 0 aliphatic carbocycles. The average Bonchev–Trinajstić information content (AvgIpc) is 2.82. The molecule has 6 heteroatoms. The van der Waals surface area contributed by atoms with Crippen LogP contribution in [0.3, 0.4) is 0 Å². The van der Waals surface area contributed by atoms with Gasteiger partial charge in [-0.1, -0.05) is 60.1 Å². The maximum atomic E-state index is 8.14. The Morgan fingerprint density at radius 1 is 0.906 bits per heavy atom. The summed E-state index contributed by atoms with van der Waals surface area (Å²) in [4.78, 5) is 4.62. The third-order valence-corrected chi connectivity index (χ3v) is 5.06. The van der Waals surface area contributed by atoms with Crippen LogP contribution in [0.1, 0.15) is 16.8 Å². The minimum atomic E-state index is -0.120. The second kappa shape index (κ2) is 9.90. The van der Waals surface area contributed by atoms with E-state index in [0.29, 0.717) is 17.2 Å². The van der Waals surface area contributed by atoms with Gasteiger partial charge in [0.2, 0.25) is 5.90 Å². The highest BCUT2D eigenvalue weighted by molar-refractivity contribution is 6.31. The lowest BCUT2D eigenvalue weighted by Crippen LogP contribution is -2.04. The van der Waals surface area contributed by atoms with E-state index in [1.807, 2.05) is 78.9 Å². The fraction of sp³-hybridized carbons (Fsp3) is 0.0385. The molecule has 0 atom stereocenters. The molecular weight excluding hydrogens is 422 g/mol. The van der Waals surface area contributed by atoms with Crippen LogP contribution in [0.2, 0.25) is 5.02 Å². The van der Waals surface area contributed by atoms with Crippen molar-refractivity contribution in [2.24, 2.45) is 0 Å². The normalized spacial score (nSPS) is 11.2. The van der Waals surface area contributed by atoms with Crippen LogP contribution in [-0.2, 0) is 11.3 Å². The summed E-state index contributed by atoms with van der Waals surface area (Å²) < 4.78 is 10.9. The molecule has 0 spiro atoms. The van der Waals surface area contributed by atoms with Gasteiger partial charge in [0.25, 0.3) is 0 Å². The second-order valence-electron chi connectivity index (χ2n) is 6.98. The van der Waals surface area contributed by atoms with Crippen molar-refractivity contribution in [1.29, 1.82) is 10.8 Å². The van der Waals surface area contributed by atoms with Gasteiger partial charge in [0.1, 0.15) is 12.4 Å². The van der Waals surface area contributed by atoms with Crippen molar-refractivity contribution in [2.45, 2.75) is 6.61 Å². The number of benzene rings is 3. The number of nitrogens with zero attached hydrogens (tertiary/aromatic N) is 1. The molecule has 0 saturated carbocycles. The van der Waals surface area contributed by atoms with Gasteiger partial charge in [-0.15, -0.1) is 0 Å². The molecule has 0 radical (unpaired) electrons. The summed E-state index contributed by atoms with van der Waals surface area (Å²) in [7, 11) is 0. The molecule has 158 valence electrons. The van der Waals surface area contributed by atoms with Gasteiger partial charge in [-0.05, 0) is 53.6 Å². The lowest BCUT2D eigenvalue weighted by molar-refractivity contribution is 0.302. The summed E-state index contributed by atoms with van der Waals surface area (Å²) in [5.74, 6) is 0.598. The zero-order valence-corrected chi connectivity index (χ0v) is 17.8. The molecule has 0 amide bonds. The van der Waals surface area contributed by atoms with Crippen LogP contribution >= 0.6 is 11.6 Å². The Hall–Kier alpha value is -3.96. The number of nitrogens with one attached hydrogen (secondary N) is 2. The van der Waals surface area contributed by atoms with Gasteiger partial charge in [0, 0.05) is 16.0 Å². The molecule has 2 N–H and O–H groups in total. The molecule has 0 fully saturated rings. The molecule has 5 nitrogen and oxygen atoms in total. The molecule has 0 saturated heterocycles. The predicted octanol–water partition coefficient (Wildman–Crippen LogP) is 6.61. The topological polar surface area (TPSA) is 79.0 Å². The van der Waals surface area contributed by atoms with Crippen molar-refractivity contribution in [3.8, 4) is 5.75 Å². The molecule has 0 bridgehead atoms. The largest absolute Gasteiger partial charge is 0.487 e. The lowest BCUT2D eigenvalue weighted by Gasteiger charge is -2.10. The molecule has 1 aromatic heterocycles. The number of hydrogen-bond acceptors (Lipinski definition) is 5. The highest BCUT2D eigenvalue weighted by Crippen LogP contribution is 2.23. The van der Waals surface area contributed by atoms with Crippen molar-refractivity contribution in [1.82, 2.24) is 4.98 Å². The third kappa shape index (κ3) is 5.20. The van der Waals surface area contributed by atoms with E-state index in [1.54, 1.807) is 12.1 Å². The first-order chi connectivity index (χ1) is 15.6. The van der Waals surface area contributed by atoms with E-state index in [1.165, 1.54) is 0 Å². The van der Waals surface area contributed by atoms with Crippen LogP contribution < -0.4 is 4.74 Å². The summed E-state index contributed by atoms with van der Waals surface area (Å²) in [5, 5.41) is 17.0. The van der Waals surface area contributed by atoms with E-state index in [9.17, 15) is 0 Å². The summed E-state index contributed by atoms with van der Waals surface area (Å²) in [6.45, 7) is 0.369. The highest BCUT2D eigenvalue weighted by Gasteiger charge is 2.10. The predicted molar refractivity (Wildman–Crippen MR) is 129 cm³/mol. The van der Waals surface area contributed by atoms with Crippen LogP contribution in [-0.4, -0.2) is 17.3 Å². The van der Waals surface area contributed by atoms with E-state index in [-0.39, 0.29) is 5.90 Å². The average molecular weight is 442 g/mol. The molecule has 4 rings (SSSR count). The molecule has 1 heterocycles. The van der Waals surface area contributed by atoms with Crippen LogP contribution in [0.5, 0.6) is 5.75 Å². The van der Waals surface area contributed by atoms with Gasteiger partial charge in [-0.3, -0.25) is 10.8 Å². The zero-order chi connectivity index (χ0) is 22.3. The minimum absolute atomic E-state index is 0.120. The van der Waals surface area contributed by atoms with Crippen molar-refractivity contribution >= 4 is 46.5 Å². The van der Waals surface area contributed by atoms with E-state index < -0.39 is 0 Å². The van der Waals surface area contributed by atoms with Crippen molar-refractivity contribution in [2.75, 3.05) is 0 Å². The SMILES string of the molecule is N=COC(=N)C(=Cc1ccc(OCc2ccc3ccccc3n2)cc1)c1ccc(Cl)cc1. The molecule has 3 aromatic carbocycles. The number of fused-ring (bicyclic) bond motifs is 1. The fourth-order valence-electron chi connectivity index (χ4n) is 3.20. The Balaban J connectivity index is 1.50. The van der Waals surface area contributed by atoms with E-state index >= 15 is 0 Å². The Morgan fingerprint density at radius 2 is 1.66 bits per heavy atom. The van der Waals surface area contributed by atoms with Gasteiger partial charge < -0.3 is 9.47 Å². The summed E-state index contributed by atoms with van der Waals surface area (Å²) >= 11 is 5.98. The number of rotatable bonds is 7. The van der Waals surface area contributed by atoms with Gasteiger partial charge in [0.15, 0.2) is 6.40 Å². The maximum absolute atomic E-state index is 8.14. The first-order valence-electron chi connectivity index (χ1n) is 9.92. The quantitative estimate of drug-likeness (QED) is 0.192. The van der Waals surface area contributed by atoms with Gasteiger partial charge in [-0.2, -0.15) is 0 Å². The van der Waals surface area contributed by atoms with Gasteiger partial charge in [-0.25, -0.2) is 4.98 Å². The van der Waals surface area contributed by atoms with Crippen molar-refractivity contribution < 1.29 is 9.47 Å². The number of para-hydroxylation sites is 1. The molecule has 4 aromatic rings. The van der Waals surface area contributed by atoms with Crippen molar-refractivity contribution in [3.05, 3.63) is 107 Å². The van der Waals surface area contributed by atoms with Crippen LogP contribution in [0.25, 0.3) is 22.6 Å². The van der Waals surface area contributed by atoms with Gasteiger partial charge in [0.05, 0.1) is 11.2 Å². The standard InChI is InChI=1S/C26H20ClN3O2/c27-21-10-7-19(8-11-21)24(26(29)32-17-28)15-18-5-13-23(14-6-18)31-16-22-12-9-20-3-1-2-4-25(20)30-22/h1-15,17,28-29H,16H2. The Morgan fingerprint density at radius 3 is 2.41 bits per heavy atom. The first-order valence-corrected chi connectivity index (χ1v) is 10.3. The number of hydrogen-bond donors (Lipinski definition) is 2. The Labute approximate surface area is 190 Å². The zero-order valence-electron chi connectivity index (χ0n) is 17.1. The second-order valence-corrected chi connectivity index (χ2v) is 7.42. The van der Waals surface area contributed by atoms with E-state index in [4.69, 9.17) is 31.9 Å². The van der Waals surface area contributed by atoms with Crippen LogP contribution in [0.4, 0.5) is 0 Å². The molecule has 0 aliphatic rings. The smallest absolute Gasteiger partial charge is 0.221 e. The van der Waals surface area contributed by atoms with Crippen LogP contribution in [0, 0.1) is 10.8 Å². The molecule has 0 unspecified atom stereocenters. The van der Waals surface area contributed by atoms with Crippen LogP contribution in [0.15, 0.2) is 84.9 Å². The fourth-order valence-corrected chi connectivity index (χ4v) is 3.33. The highest BCUT2D eigenvalue weighted by atomic mass is 35.5. The first kappa shape index (κ1) is 21.3. The summed E-state index contributed by atoms with van der Waals surface area (Å²) in [5.41, 5.74) is 3.97. The molecular formula is C26H20ClN3O2. The minimum Gasteiger partial charge on any atom is -0.487 e. The lowest BCUT2D eigenvalue weighted by atomic mass is 10.0. The molecule has 32 heavy (non-hydrogen) atoms. The summed E-state index contributed by atoms with van der Waals surface area (Å²) in [6, 6.07) is 26.6. The molecule has 0 aliphatic heterocycles. The third-order valence-electron chi connectivity index (χ3n) is 4.81. The van der Waals surface area contributed by atoms with Gasteiger partial charge >= 0.3 is 0 Å².